The minimum absolute atomic E-state index is 0.205. The molecule has 5 nitrogen and oxygen atoms in total. The SMILES string of the molecule is CCN(CC)CCCNC(=O)c1ccc(COc2ccccc2Cl)o1. The average Bonchev–Trinajstić information content (AvgIpc) is 3.10. The third-order valence-corrected chi connectivity index (χ3v) is 4.24. The number of hydrogen-bond donors (Lipinski definition) is 1. The smallest absolute Gasteiger partial charge is 0.286 e. The van der Waals surface area contributed by atoms with Gasteiger partial charge < -0.3 is 19.4 Å². The van der Waals surface area contributed by atoms with Gasteiger partial charge in [0.2, 0.25) is 0 Å². The fourth-order valence-corrected chi connectivity index (χ4v) is 2.61. The van der Waals surface area contributed by atoms with E-state index in [1.54, 1.807) is 24.3 Å². The van der Waals surface area contributed by atoms with Gasteiger partial charge in [0.25, 0.3) is 5.91 Å². The molecule has 2 rings (SSSR count). The van der Waals surface area contributed by atoms with Crippen LogP contribution in [0.3, 0.4) is 0 Å². The highest BCUT2D eigenvalue weighted by atomic mass is 35.5. The third-order valence-electron chi connectivity index (χ3n) is 3.92. The van der Waals surface area contributed by atoms with Crippen LogP contribution in [0.1, 0.15) is 36.6 Å². The predicted molar refractivity (Wildman–Crippen MR) is 99.2 cm³/mol. The summed E-state index contributed by atoms with van der Waals surface area (Å²) in [7, 11) is 0. The Kier molecular flexibility index (Phi) is 7.82. The molecular weight excluding hydrogens is 340 g/mol. The Morgan fingerprint density at radius 3 is 2.68 bits per heavy atom. The number of halogens is 1. The van der Waals surface area contributed by atoms with Gasteiger partial charge in [-0.15, -0.1) is 0 Å². The zero-order valence-electron chi connectivity index (χ0n) is 14.8. The molecule has 0 aliphatic carbocycles. The molecule has 0 saturated heterocycles. The van der Waals surface area contributed by atoms with Gasteiger partial charge in [0.1, 0.15) is 18.1 Å². The van der Waals surface area contributed by atoms with Crippen molar-refractivity contribution >= 4 is 17.5 Å². The van der Waals surface area contributed by atoms with Gasteiger partial charge in [0, 0.05) is 6.54 Å². The molecule has 0 aliphatic heterocycles. The number of hydrogen-bond acceptors (Lipinski definition) is 4. The molecule has 2 aromatic rings. The monoisotopic (exact) mass is 364 g/mol. The molecule has 1 N–H and O–H groups in total. The van der Waals surface area contributed by atoms with Crippen molar-refractivity contribution in [2.45, 2.75) is 26.9 Å². The largest absolute Gasteiger partial charge is 0.484 e. The molecular formula is C19H25ClN2O3. The second-order valence-corrected chi connectivity index (χ2v) is 6.03. The number of nitrogens with one attached hydrogen (secondary N) is 1. The number of amides is 1. The fraction of sp³-hybridized carbons (Fsp3) is 0.421. The highest BCUT2D eigenvalue weighted by Crippen LogP contribution is 2.24. The van der Waals surface area contributed by atoms with E-state index in [9.17, 15) is 4.79 Å². The molecule has 136 valence electrons. The topological polar surface area (TPSA) is 54.7 Å². The highest BCUT2D eigenvalue weighted by Gasteiger charge is 2.11. The number of nitrogens with zero attached hydrogens (tertiary/aromatic N) is 1. The molecule has 0 radical (unpaired) electrons. The summed E-state index contributed by atoms with van der Waals surface area (Å²) < 4.78 is 11.1. The number of rotatable bonds is 10. The molecule has 25 heavy (non-hydrogen) atoms. The van der Waals surface area contributed by atoms with Gasteiger partial charge in [-0.1, -0.05) is 37.6 Å². The van der Waals surface area contributed by atoms with Gasteiger partial charge in [-0.05, 0) is 50.3 Å². The van der Waals surface area contributed by atoms with E-state index in [4.69, 9.17) is 20.8 Å². The van der Waals surface area contributed by atoms with Gasteiger partial charge in [-0.3, -0.25) is 4.79 Å². The second kappa shape index (κ2) is 10.1. The first-order valence-corrected chi connectivity index (χ1v) is 8.98. The standard InChI is InChI=1S/C19H25ClN2O3/c1-3-22(4-2)13-7-12-21-19(23)18-11-10-15(25-18)14-24-17-9-6-5-8-16(17)20/h5-6,8-11H,3-4,7,12-14H2,1-2H3,(H,21,23). The van der Waals surface area contributed by atoms with Crippen LogP contribution in [-0.2, 0) is 6.61 Å². The van der Waals surface area contributed by atoms with Crippen LogP contribution in [0.4, 0.5) is 0 Å². The van der Waals surface area contributed by atoms with E-state index < -0.39 is 0 Å². The Hall–Kier alpha value is -1.98. The van der Waals surface area contributed by atoms with Crippen molar-refractivity contribution < 1.29 is 13.9 Å². The number of ether oxygens (including phenoxy) is 1. The first-order chi connectivity index (χ1) is 12.1. The Bertz CT molecular complexity index is 668. The lowest BCUT2D eigenvalue weighted by atomic mass is 10.3. The van der Waals surface area contributed by atoms with E-state index in [1.165, 1.54) is 0 Å². The van der Waals surface area contributed by atoms with Crippen LogP contribution in [-0.4, -0.2) is 37.0 Å². The van der Waals surface area contributed by atoms with Crippen molar-refractivity contribution in [3.05, 3.63) is 52.9 Å². The van der Waals surface area contributed by atoms with Gasteiger partial charge in [0.05, 0.1) is 5.02 Å². The average molecular weight is 365 g/mol. The summed E-state index contributed by atoms with van der Waals surface area (Å²) in [6.45, 7) is 8.14. The zero-order chi connectivity index (χ0) is 18.1. The van der Waals surface area contributed by atoms with Crippen LogP contribution in [0.15, 0.2) is 40.8 Å². The number of carbonyl (C=O) groups is 1. The van der Waals surface area contributed by atoms with Crippen LogP contribution in [0.5, 0.6) is 5.75 Å². The van der Waals surface area contributed by atoms with Gasteiger partial charge in [-0.25, -0.2) is 0 Å². The van der Waals surface area contributed by atoms with Crippen LogP contribution < -0.4 is 10.1 Å². The van der Waals surface area contributed by atoms with E-state index in [0.717, 1.165) is 26.1 Å². The first-order valence-electron chi connectivity index (χ1n) is 8.60. The van der Waals surface area contributed by atoms with Crippen LogP contribution in [0, 0.1) is 0 Å². The molecule has 1 aromatic heterocycles. The summed E-state index contributed by atoms with van der Waals surface area (Å²) in [6.07, 6.45) is 0.913. The normalized spacial score (nSPS) is 10.9. The third kappa shape index (κ3) is 6.11. The van der Waals surface area contributed by atoms with Gasteiger partial charge in [0.15, 0.2) is 5.76 Å². The first kappa shape index (κ1) is 19.3. The van der Waals surface area contributed by atoms with Gasteiger partial charge in [-0.2, -0.15) is 0 Å². The zero-order valence-corrected chi connectivity index (χ0v) is 15.5. The minimum atomic E-state index is -0.205. The molecule has 1 aromatic carbocycles. The van der Waals surface area contributed by atoms with E-state index in [0.29, 0.717) is 28.8 Å². The lowest BCUT2D eigenvalue weighted by Crippen LogP contribution is -2.29. The maximum absolute atomic E-state index is 12.1. The summed E-state index contributed by atoms with van der Waals surface area (Å²) >= 11 is 6.04. The molecule has 0 aliphatic rings. The second-order valence-electron chi connectivity index (χ2n) is 5.62. The Labute approximate surface area is 153 Å². The van der Waals surface area contributed by atoms with Crippen LogP contribution in [0.25, 0.3) is 0 Å². The van der Waals surface area contributed by atoms with Crippen molar-refractivity contribution in [1.29, 1.82) is 0 Å². The maximum atomic E-state index is 12.1. The van der Waals surface area contributed by atoms with Crippen molar-refractivity contribution in [3.63, 3.8) is 0 Å². The molecule has 1 amide bonds. The van der Waals surface area contributed by atoms with Crippen LogP contribution >= 0.6 is 11.6 Å². The number of benzene rings is 1. The van der Waals surface area contributed by atoms with E-state index in [-0.39, 0.29) is 12.5 Å². The molecule has 0 atom stereocenters. The number of furan rings is 1. The van der Waals surface area contributed by atoms with E-state index in [2.05, 4.69) is 24.1 Å². The summed E-state index contributed by atoms with van der Waals surface area (Å²) in [5, 5.41) is 3.42. The fourth-order valence-electron chi connectivity index (χ4n) is 2.42. The molecule has 0 spiro atoms. The quantitative estimate of drug-likeness (QED) is 0.648. The number of para-hydroxylation sites is 1. The molecule has 0 bridgehead atoms. The summed E-state index contributed by atoms with van der Waals surface area (Å²) in [6, 6.07) is 10.6. The molecule has 0 saturated carbocycles. The Morgan fingerprint density at radius 2 is 1.96 bits per heavy atom. The molecule has 0 fully saturated rings. The molecule has 1 heterocycles. The highest BCUT2D eigenvalue weighted by molar-refractivity contribution is 6.32. The van der Waals surface area contributed by atoms with Crippen LogP contribution in [0.2, 0.25) is 5.02 Å². The maximum Gasteiger partial charge on any atom is 0.286 e. The molecule has 6 heteroatoms. The van der Waals surface area contributed by atoms with E-state index >= 15 is 0 Å². The predicted octanol–water partition coefficient (Wildman–Crippen LogP) is 3.97. The van der Waals surface area contributed by atoms with Crippen molar-refractivity contribution in [1.82, 2.24) is 10.2 Å². The summed E-state index contributed by atoms with van der Waals surface area (Å²) in [4.78, 5) is 14.4. The lowest BCUT2D eigenvalue weighted by Gasteiger charge is -2.17. The van der Waals surface area contributed by atoms with Gasteiger partial charge >= 0.3 is 0 Å². The minimum Gasteiger partial charge on any atom is -0.484 e. The Morgan fingerprint density at radius 1 is 1.20 bits per heavy atom. The lowest BCUT2D eigenvalue weighted by molar-refractivity contribution is 0.0920. The molecule has 0 unspecified atom stereocenters. The van der Waals surface area contributed by atoms with Crippen molar-refractivity contribution in [3.8, 4) is 5.75 Å². The van der Waals surface area contributed by atoms with Crippen molar-refractivity contribution in [2.75, 3.05) is 26.2 Å². The Balaban J connectivity index is 1.76. The summed E-state index contributed by atoms with van der Waals surface area (Å²) in [5.74, 6) is 1.25. The number of carbonyl (C=O) groups excluding carboxylic acids is 1. The van der Waals surface area contributed by atoms with E-state index in [1.807, 2.05) is 12.1 Å². The summed E-state index contributed by atoms with van der Waals surface area (Å²) in [5.41, 5.74) is 0. The van der Waals surface area contributed by atoms with Crippen molar-refractivity contribution in [2.24, 2.45) is 0 Å².